The highest BCUT2D eigenvalue weighted by atomic mass is 35.5. The molecule has 1 saturated heterocycles. The lowest BCUT2D eigenvalue weighted by molar-refractivity contribution is 0.0981. The molecule has 1 unspecified atom stereocenters. The highest BCUT2D eigenvalue weighted by Gasteiger charge is 2.31. The van der Waals surface area contributed by atoms with Crippen LogP contribution in [0.5, 0.6) is 5.88 Å². The first-order chi connectivity index (χ1) is 21.9. The third kappa shape index (κ3) is 8.98. The number of anilines is 1. The van der Waals surface area contributed by atoms with Crippen LogP contribution in [0.4, 0.5) is 5.82 Å². The lowest BCUT2D eigenvalue weighted by Gasteiger charge is -2.25. The molecule has 1 aliphatic heterocycles. The van der Waals surface area contributed by atoms with E-state index in [0.717, 1.165) is 38.1 Å². The number of nitrogens with zero attached hydrogens (tertiary/aromatic N) is 4. The Bertz CT molecular complexity index is 1600. The van der Waals surface area contributed by atoms with Gasteiger partial charge in [-0.3, -0.25) is 4.79 Å². The maximum Gasteiger partial charge on any atom is 0.281 e. The number of hydrogen-bond donors (Lipinski definition) is 3. The molecular formula is C33H46ClN7O4S. The van der Waals surface area contributed by atoms with Crippen LogP contribution in [-0.4, -0.2) is 58.8 Å². The Balaban J connectivity index is 1.18. The third-order valence-electron chi connectivity index (χ3n) is 9.05. The van der Waals surface area contributed by atoms with Gasteiger partial charge in [0.05, 0.1) is 12.2 Å². The zero-order valence-corrected chi connectivity index (χ0v) is 28.7. The summed E-state index contributed by atoms with van der Waals surface area (Å²) in [5.74, 6) is 2.00. The fraction of sp³-hybridized carbons (Fsp3) is 0.576. The van der Waals surface area contributed by atoms with Crippen molar-refractivity contribution in [2.24, 2.45) is 17.8 Å². The average Bonchev–Trinajstić information content (AvgIpc) is 3.77. The van der Waals surface area contributed by atoms with Gasteiger partial charge in [0.1, 0.15) is 11.0 Å². The second-order valence-corrected chi connectivity index (χ2v) is 15.6. The molecule has 2 atom stereocenters. The standard InChI is InChI=1S/C33H46ClN7O4S/c1-22(2)26(14-12-24-20-33(3,4)35-21-24)36-27-10-7-11-30(37-27)46(43,44)40-32(42)25-13-15-28(38-31(25)34)41-18-16-29(39-41)45-19-17-23-8-5-6-9-23/h7,10-11,13,15-16,18,22-24,26,35H,5-6,8-9,12,14,17,19-21H2,1-4H3,(H,36,37)(H,40,42)/t24-,26?/m1/s1. The molecule has 5 rings (SSSR count). The fourth-order valence-corrected chi connectivity index (χ4v) is 7.58. The van der Waals surface area contributed by atoms with E-state index in [0.29, 0.717) is 36.0 Å². The van der Waals surface area contributed by atoms with E-state index in [4.69, 9.17) is 16.3 Å². The SMILES string of the molecule is CC(C)C(CC[C@H]1CNC(C)(C)C1)Nc1cccc(S(=O)(=O)NC(=O)c2ccc(-n3ccc(OCCC4CCCC4)n3)nc2Cl)n1. The second kappa shape index (κ2) is 14.7. The summed E-state index contributed by atoms with van der Waals surface area (Å²) < 4.78 is 35.8. The number of halogens is 1. The topological polar surface area (TPSA) is 140 Å². The van der Waals surface area contributed by atoms with Crippen LogP contribution in [0.25, 0.3) is 5.82 Å². The number of carbonyl (C=O) groups is 1. The Morgan fingerprint density at radius 2 is 1.89 bits per heavy atom. The normalized spacial score (nSPS) is 19.0. The number of aromatic nitrogens is 4. The quantitative estimate of drug-likeness (QED) is 0.176. The number of ether oxygens (including phenoxy) is 1. The number of hydrogen-bond acceptors (Lipinski definition) is 9. The average molecular weight is 672 g/mol. The predicted molar refractivity (Wildman–Crippen MR) is 179 cm³/mol. The first kappa shape index (κ1) is 34.1. The van der Waals surface area contributed by atoms with E-state index in [1.54, 1.807) is 30.5 Å². The zero-order valence-electron chi connectivity index (χ0n) is 27.1. The Morgan fingerprint density at radius 1 is 1.11 bits per heavy atom. The van der Waals surface area contributed by atoms with Crippen LogP contribution in [0, 0.1) is 17.8 Å². The molecule has 11 nitrogen and oxygen atoms in total. The highest BCUT2D eigenvalue weighted by molar-refractivity contribution is 7.90. The lowest BCUT2D eigenvalue weighted by atomic mass is 9.90. The molecule has 0 aromatic carbocycles. The van der Waals surface area contributed by atoms with Gasteiger partial charge in [-0.1, -0.05) is 57.2 Å². The van der Waals surface area contributed by atoms with Gasteiger partial charge in [0.15, 0.2) is 10.8 Å². The van der Waals surface area contributed by atoms with Gasteiger partial charge in [-0.15, -0.1) is 5.10 Å². The number of sulfonamides is 1. The second-order valence-electron chi connectivity index (χ2n) is 13.6. The molecule has 46 heavy (non-hydrogen) atoms. The van der Waals surface area contributed by atoms with E-state index in [-0.39, 0.29) is 27.3 Å². The Kier molecular flexibility index (Phi) is 10.9. The van der Waals surface area contributed by atoms with Gasteiger partial charge in [0, 0.05) is 23.8 Å². The smallest absolute Gasteiger partial charge is 0.281 e. The third-order valence-corrected chi connectivity index (χ3v) is 10.6. The summed E-state index contributed by atoms with van der Waals surface area (Å²) in [4.78, 5) is 21.6. The van der Waals surface area contributed by atoms with Crippen molar-refractivity contribution in [3.8, 4) is 11.7 Å². The van der Waals surface area contributed by atoms with Crippen molar-refractivity contribution < 1.29 is 17.9 Å². The van der Waals surface area contributed by atoms with Crippen molar-refractivity contribution >= 4 is 33.3 Å². The van der Waals surface area contributed by atoms with E-state index in [1.165, 1.54) is 42.5 Å². The molecule has 4 heterocycles. The molecule has 2 aliphatic rings. The van der Waals surface area contributed by atoms with Gasteiger partial charge in [0.25, 0.3) is 15.9 Å². The minimum absolute atomic E-state index is 0.0899. The molecule has 1 saturated carbocycles. The number of nitrogens with one attached hydrogen (secondary N) is 3. The van der Waals surface area contributed by atoms with Crippen molar-refractivity contribution in [3.63, 3.8) is 0 Å². The summed E-state index contributed by atoms with van der Waals surface area (Å²) in [6, 6.07) is 9.50. The number of rotatable bonds is 14. The summed E-state index contributed by atoms with van der Waals surface area (Å²) in [6.45, 7) is 10.3. The number of carbonyl (C=O) groups excluding carboxylic acids is 1. The summed E-state index contributed by atoms with van der Waals surface area (Å²) in [5, 5.41) is 11.0. The van der Waals surface area contributed by atoms with E-state index in [9.17, 15) is 13.2 Å². The highest BCUT2D eigenvalue weighted by Crippen LogP contribution is 2.29. The summed E-state index contributed by atoms with van der Waals surface area (Å²) in [5.41, 5.74) is 0.0720. The van der Waals surface area contributed by atoms with Crippen LogP contribution >= 0.6 is 11.6 Å². The zero-order chi connectivity index (χ0) is 32.9. The lowest BCUT2D eigenvalue weighted by Crippen LogP contribution is -2.32. The van der Waals surface area contributed by atoms with Gasteiger partial charge >= 0.3 is 0 Å². The molecule has 2 fully saturated rings. The van der Waals surface area contributed by atoms with Gasteiger partial charge in [-0.05, 0) is 88.1 Å². The van der Waals surface area contributed by atoms with Crippen LogP contribution in [0.2, 0.25) is 5.15 Å². The Morgan fingerprint density at radius 3 is 2.59 bits per heavy atom. The Hall–Kier alpha value is -3.22. The molecule has 0 bridgehead atoms. The van der Waals surface area contributed by atoms with Crippen molar-refractivity contribution in [2.75, 3.05) is 18.5 Å². The van der Waals surface area contributed by atoms with Crippen molar-refractivity contribution in [1.82, 2.24) is 29.8 Å². The molecule has 0 radical (unpaired) electrons. The van der Waals surface area contributed by atoms with Crippen LogP contribution in [0.3, 0.4) is 0 Å². The summed E-state index contributed by atoms with van der Waals surface area (Å²) in [6.07, 6.45) is 10.9. The van der Waals surface area contributed by atoms with Crippen LogP contribution < -0.4 is 20.1 Å². The van der Waals surface area contributed by atoms with E-state index in [1.807, 2.05) is 0 Å². The van der Waals surface area contributed by atoms with Crippen molar-refractivity contribution in [3.05, 3.63) is 53.3 Å². The molecule has 13 heteroatoms. The van der Waals surface area contributed by atoms with Gasteiger partial charge in [0.2, 0.25) is 5.88 Å². The maximum atomic E-state index is 13.2. The molecule has 250 valence electrons. The van der Waals surface area contributed by atoms with Gasteiger partial charge < -0.3 is 15.4 Å². The van der Waals surface area contributed by atoms with E-state index < -0.39 is 15.9 Å². The van der Waals surface area contributed by atoms with Crippen molar-refractivity contribution in [2.45, 2.75) is 95.7 Å². The number of pyridine rings is 2. The first-order valence-electron chi connectivity index (χ1n) is 16.3. The molecule has 0 spiro atoms. The molecule has 1 amide bonds. The largest absolute Gasteiger partial charge is 0.477 e. The summed E-state index contributed by atoms with van der Waals surface area (Å²) >= 11 is 6.35. The van der Waals surface area contributed by atoms with Crippen LogP contribution in [-0.2, 0) is 10.0 Å². The molecule has 1 aliphatic carbocycles. The van der Waals surface area contributed by atoms with Crippen molar-refractivity contribution in [1.29, 1.82) is 0 Å². The molecule has 3 aromatic rings. The van der Waals surface area contributed by atoms with Gasteiger partial charge in [-0.25, -0.2) is 19.4 Å². The molecular weight excluding hydrogens is 626 g/mol. The van der Waals surface area contributed by atoms with E-state index in [2.05, 4.69) is 58.1 Å². The molecule has 3 N–H and O–H groups in total. The number of amides is 1. The van der Waals surface area contributed by atoms with Crippen LogP contribution in [0.15, 0.2) is 47.6 Å². The monoisotopic (exact) mass is 671 g/mol. The minimum Gasteiger partial charge on any atom is -0.477 e. The van der Waals surface area contributed by atoms with Crippen LogP contribution in [0.1, 0.15) is 89.4 Å². The summed E-state index contributed by atoms with van der Waals surface area (Å²) in [7, 11) is -4.29. The maximum absolute atomic E-state index is 13.2. The van der Waals surface area contributed by atoms with Gasteiger partial charge in [-0.2, -0.15) is 8.42 Å². The first-order valence-corrected chi connectivity index (χ1v) is 18.2. The minimum atomic E-state index is -4.29. The molecule has 3 aromatic heterocycles. The fourth-order valence-electron chi connectivity index (χ4n) is 6.40. The predicted octanol–water partition coefficient (Wildman–Crippen LogP) is 6.00. The van der Waals surface area contributed by atoms with E-state index >= 15 is 0 Å². The Labute approximate surface area is 277 Å².